The molecule has 0 unspecified atom stereocenters. The highest BCUT2D eigenvalue weighted by molar-refractivity contribution is 6.30. The van der Waals surface area contributed by atoms with Crippen LogP contribution in [0.1, 0.15) is 44.0 Å². The van der Waals surface area contributed by atoms with Gasteiger partial charge >= 0.3 is 5.97 Å². The number of ether oxygens (including phenoxy) is 1. The second-order valence-electron chi connectivity index (χ2n) is 5.23. The molecule has 0 heterocycles. The highest BCUT2D eigenvalue weighted by Gasteiger charge is 2.25. The molecule has 0 amide bonds. The molecule has 0 fully saturated rings. The van der Waals surface area contributed by atoms with Crippen molar-refractivity contribution in [2.75, 3.05) is 0 Å². The number of esters is 1. The predicted molar refractivity (Wildman–Crippen MR) is 84.1 cm³/mol. The van der Waals surface area contributed by atoms with Crippen molar-refractivity contribution < 1.29 is 9.53 Å². The fraction of sp³-hybridized carbons (Fsp3) is 0.353. The Labute approximate surface area is 126 Å². The lowest BCUT2D eigenvalue weighted by Crippen LogP contribution is -2.29. The summed E-state index contributed by atoms with van der Waals surface area (Å²) in [7, 11) is 0. The van der Waals surface area contributed by atoms with E-state index in [0.717, 1.165) is 6.42 Å². The SMILES string of the molecule is C=C[C@](C)(CCC=C(C)C)OC(=O)c1ccc(Cl)cc1. The first-order valence-electron chi connectivity index (χ1n) is 6.62. The van der Waals surface area contributed by atoms with Gasteiger partial charge in [0.1, 0.15) is 5.60 Å². The smallest absolute Gasteiger partial charge is 0.338 e. The third kappa shape index (κ3) is 5.22. The van der Waals surface area contributed by atoms with Crippen molar-refractivity contribution in [2.45, 2.75) is 39.2 Å². The minimum Gasteiger partial charge on any atom is -0.452 e. The van der Waals surface area contributed by atoms with Crippen LogP contribution in [0.5, 0.6) is 0 Å². The highest BCUT2D eigenvalue weighted by atomic mass is 35.5. The van der Waals surface area contributed by atoms with Crippen LogP contribution in [-0.4, -0.2) is 11.6 Å². The molecule has 1 rings (SSSR count). The summed E-state index contributed by atoms with van der Waals surface area (Å²) >= 11 is 5.80. The van der Waals surface area contributed by atoms with Crippen molar-refractivity contribution in [1.82, 2.24) is 0 Å². The third-order valence-corrected chi connectivity index (χ3v) is 3.28. The number of benzene rings is 1. The van der Waals surface area contributed by atoms with Crippen LogP contribution in [0.25, 0.3) is 0 Å². The molecule has 0 N–H and O–H groups in total. The van der Waals surface area contributed by atoms with Gasteiger partial charge in [0.15, 0.2) is 0 Å². The lowest BCUT2D eigenvalue weighted by atomic mass is 9.99. The van der Waals surface area contributed by atoms with Crippen molar-refractivity contribution in [3.05, 3.63) is 59.2 Å². The number of carbonyl (C=O) groups excluding carboxylic acids is 1. The van der Waals surface area contributed by atoms with Crippen LogP contribution in [0.3, 0.4) is 0 Å². The molecular weight excluding hydrogens is 272 g/mol. The molecule has 1 aromatic carbocycles. The minimum absolute atomic E-state index is 0.360. The zero-order valence-corrected chi connectivity index (χ0v) is 13.0. The first-order chi connectivity index (χ1) is 9.36. The second-order valence-corrected chi connectivity index (χ2v) is 5.67. The van der Waals surface area contributed by atoms with Gasteiger partial charge in [-0.1, -0.05) is 29.8 Å². The van der Waals surface area contributed by atoms with Gasteiger partial charge in [0.05, 0.1) is 5.56 Å². The third-order valence-electron chi connectivity index (χ3n) is 3.03. The number of allylic oxidation sites excluding steroid dienone is 2. The van der Waals surface area contributed by atoms with E-state index in [-0.39, 0.29) is 5.97 Å². The van der Waals surface area contributed by atoms with Crippen molar-refractivity contribution in [3.8, 4) is 0 Å². The van der Waals surface area contributed by atoms with E-state index in [2.05, 4.69) is 12.7 Å². The van der Waals surface area contributed by atoms with E-state index in [9.17, 15) is 4.79 Å². The second kappa shape index (κ2) is 7.30. The molecule has 0 aliphatic heterocycles. The van der Waals surface area contributed by atoms with Crippen molar-refractivity contribution in [3.63, 3.8) is 0 Å². The van der Waals surface area contributed by atoms with Gasteiger partial charge in [-0.25, -0.2) is 4.79 Å². The first kappa shape index (κ1) is 16.5. The van der Waals surface area contributed by atoms with E-state index < -0.39 is 5.60 Å². The molecule has 0 aliphatic carbocycles. The number of halogens is 1. The van der Waals surface area contributed by atoms with E-state index in [0.29, 0.717) is 17.0 Å². The molecule has 0 spiro atoms. The average molecular weight is 293 g/mol. The monoisotopic (exact) mass is 292 g/mol. The van der Waals surface area contributed by atoms with Crippen LogP contribution in [0, 0.1) is 0 Å². The van der Waals surface area contributed by atoms with Crippen LogP contribution >= 0.6 is 11.6 Å². The quantitative estimate of drug-likeness (QED) is 0.533. The van der Waals surface area contributed by atoms with E-state index in [1.54, 1.807) is 30.3 Å². The predicted octanol–water partition coefficient (Wildman–Crippen LogP) is 5.19. The van der Waals surface area contributed by atoms with Crippen molar-refractivity contribution in [1.29, 1.82) is 0 Å². The molecule has 0 saturated heterocycles. The fourth-order valence-corrected chi connectivity index (χ4v) is 1.82. The average Bonchev–Trinajstić information content (AvgIpc) is 2.39. The Bertz CT molecular complexity index is 498. The summed E-state index contributed by atoms with van der Waals surface area (Å²) in [5.74, 6) is -0.360. The fourth-order valence-electron chi connectivity index (χ4n) is 1.70. The lowest BCUT2D eigenvalue weighted by Gasteiger charge is -2.25. The Kier molecular flexibility index (Phi) is 6.03. The summed E-state index contributed by atoms with van der Waals surface area (Å²) < 4.78 is 5.57. The molecule has 1 aromatic rings. The summed E-state index contributed by atoms with van der Waals surface area (Å²) in [6, 6.07) is 6.66. The molecule has 0 radical (unpaired) electrons. The number of carbonyl (C=O) groups is 1. The van der Waals surface area contributed by atoms with E-state index >= 15 is 0 Å². The summed E-state index contributed by atoms with van der Waals surface area (Å²) in [6.07, 6.45) is 5.36. The van der Waals surface area contributed by atoms with E-state index in [4.69, 9.17) is 16.3 Å². The Morgan fingerprint density at radius 2 is 1.95 bits per heavy atom. The topological polar surface area (TPSA) is 26.3 Å². The molecule has 0 bridgehead atoms. The van der Waals surface area contributed by atoms with Crippen molar-refractivity contribution in [2.24, 2.45) is 0 Å². The maximum Gasteiger partial charge on any atom is 0.338 e. The van der Waals surface area contributed by atoms with Gasteiger partial charge in [-0.2, -0.15) is 0 Å². The van der Waals surface area contributed by atoms with Gasteiger partial charge in [0, 0.05) is 5.02 Å². The summed E-state index contributed by atoms with van der Waals surface area (Å²) in [6.45, 7) is 9.73. The summed E-state index contributed by atoms with van der Waals surface area (Å²) in [5.41, 5.74) is 1.08. The maximum absolute atomic E-state index is 12.1. The van der Waals surface area contributed by atoms with Gasteiger partial charge in [-0.3, -0.25) is 0 Å². The Hall–Kier alpha value is -1.54. The van der Waals surface area contributed by atoms with Gasteiger partial charge in [0.2, 0.25) is 0 Å². The zero-order chi connectivity index (χ0) is 15.2. The summed E-state index contributed by atoms with van der Waals surface area (Å²) in [4.78, 5) is 12.1. The molecule has 3 heteroatoms. The maximum atomic E-state index is 12.1. The van der Waals surface area contributed by atoms with E-state index in [1.165, 1.54) is 5.57 Å². The van der Waals surface area contributed by atoms with Gasteiger partial charge in [0.25, 0.3) is 0 Å². The zero-order valence-electron chi connectivity index (χ0n) is 12.3. The molecule has 20 heavy (non-hydrogen) atoms. The van der Waals surface area contributed by atoms with Crippen LogP contribution in [0.2, 0.25) is 5.02 Å². The van der Waals surface area contributed by atoms with Crippen LogP contribution in [-0.2, 0) is 4.74 Å². The molecule has 2 nitrogen and oxygen atoms in total. The minimum atomic E-state index is -0.664. The van der Waals surface area contributed by atoms with Crippen LogP contribution in [0.4, 0.5) is 0 Å². The number of hydrogen-bond donors (Lipinski definition) is 0. The molecule has 0 aliphatic rings. The Morgan fingerprint density at radius 3 is 2.45 bits per heavy atom. The standard InChI is InChI=1S/C17H21ClO2/c1-5-17(4,12-6-7-13(2)3)20-16(19)14-8-10-15(18)11-9-14/h5,7-11H,1,6,12H2,2-4H3/t17-/m1/s1. The van der Waals surface area contributed by atoms with E-state index in [1.807, 2.05) is 20.8 Å². The number of rotatable bonds is 6. The Morgan fingerprint density at radius 1 is 1.35 bits per heavy atom. The lowest BCUT2D eigenvalue weighted by molar-refractivity contribution is 0.00835. The summed E-state index contributed by atoms with van der Waals surface area (Å²) in [5, 5.41) is 0.594. The van der Waals surface area contributed by atoms with Crippen LogP contribution < -0.4 is 0 Å². The molecule has 1 atom stereocenters. The van der Waals surface area contributed by atoms with Gasteiger partial charge < -0.3 is 4.74 Å². The van der Waals surface area contributed by atoms with Crippen molar-refractivity contribution >= 4 is 17.6 Å². The first-order valence-corrected chi connectivity index (χ1v) is 7.00. The Balaban J connectivity index is 2.71. The van der Waals surface area contributed by atoms with Gasteiger partial charge in [-0.15, -0.1) is 0 Å². The molecular formula is C17H21ClO2. The van der Waals surface area contributed by atoms with Crippen LogP contribution in [0.15, 0.2) is 48.6 Å². The number of hydrogen-bond acceptors (Lipinski definition) is 2. The largest absolute Gasteiger partial charge is 0.452 e. The molecule has 108 valence electrons. The molecule has 0 saturated carbocycles. The normalized spacial score (nSPS) is 13.2. The highest BCUT2D eigenvalue weighted by Crippen LogP contribution is 2.22. The molecule has 0 aromatic heterocycles. The van der Waals surface area contributed by atoms with Gasteiger partial charge in [-0.05, 0) is 64.0 Å².